The zero-order valence-corrected chi connectivity index (χ0v) is 18.0. The molecule has 1 aliphatic heterocycles. The first-order valence-corrected chi connectivity index (χ1v) is 10.0. The van der Waals surface area contributed by atoms with Crippen LogP contribution in [0.25, 0.3) is 17.3 Å². The van der Waals surface area contributed by atoms with E-state index in [0.29, 0.717) is 22.0 Å². The van der Waals surface area contributed by atoms with Gasteiger partial charge in [0, 0.05) is 16.1 Å². The molecule has 0 fully saturated rings. The van der Waals surface area contributed by atoms with Gasteiger partial charge in [-0.2, -0.15) is 5.10 Å². The van der Waals surface area contributed by atoms with E-state index in [2.05, 4.69) is 32.7 Å². The van der Waals surface area contributed by atoms with Crippen LogP contribution in [0.15, 0.2) is 65.3 Å². The molecule has 144 valence electrons. The summed E-state index contributed by atoms with van der Waals surface area (Å²) in [6.07, 6.45) is 1.48. The Balaban J connectivity index is 1.76. The number of halogens is 2. The molecule has 6 nitrogen and oxygen atoms in total. The third-order valence-electron chi connectivity index (χ3n) is 4.17. The molecule has 1 aliphatic rings. The lowest BCUT2D eigenvalue weighted by atomic mass is 10.1. The number of aliphatic imine (C=N–C) groups is 1. The molecule has 1 aromatic heterocycles. The first-order chi connectivity index (χ1) is 13.9. The summed E-state index contributed by atoms with van der Waals surface area (Å²) in [7, 11) is 0. The molecular formula is C21H13ClIN3O3. The molecule has 0 saturated heterocycles. The van der Waals surface area contributed by atoms with Crippen molar-refractivity contribution in [2.75, 3.05) is 0 Å². The van der Waals surface area contributed by atoms with Crippen LogP contribution in [0.3, 0.4) is 0 Å². The van der Waals surface area contributed by atoms with Gasteiger partial charge in [0.15, 0.2) is 5.70 Å². The molecule has 0 bridgehead atoms. The van der Waals surface area contributed by atoms with Gasteiger partial charge < -0.3 is 4.74 Å². The van der Waals surface area contributed by atoms with Gasteiger partial charge in [0.2, 0.25) is 11.8 Å². The van der Waals surface area contributed by atoms with Crippen molar-refractivity contribution in [1.29, 1.82) is 0 Å². The molecule has 0 saturated carbocycles. The summed E-state index contributed by atoms with van der Waals surface area (Å²) in [5.41, 5.74) is 2.50. The van der Waals surface area contributed by atoms with E-state index in [0.717, 1.165) is 9.13 Å². The maximum atomic E-state index is 12.4. The number of hydrogen-bond acceptors (Lipinski definition) is 5. The Bertz CT molecular complexity index is 1200. The second-order valence-corrected chi connectivity index (χ2v) is 7.86. The number of carbonyl (C=O) groups excluding carboxylic acids is 2. The molecule has 8 heteroatoms. The minimum absolute atomic E-state index is 0.0666. The van der Waals surface area contributed by atoms with Crippen molar-refractivity contribution in [2.24, 2.45) is 4.99 Å². The largest absolute Gasteiger partial charge is 0.402 e. The smallest absolute Gasteiger partial charge is 0.363 e. The molecule has 2 heterocycles. The maximum Gasteiger partial charge on any atom is 0.363 e. The fraction of sp³-hybridized carbons (Fsp3) is 0.0476. The summed E-state index contributed by atoms with van der Waals surface area (Å²) in [5, 5.41) is 4.78. The van der Waals surface area contributed by atoms with Gasteiger partial charge in [-0.25, -0.2) is 14.5 Å². The summed E-state index contributed by atoms with van der Waals surface area (Å²) in [6, 6.07) is 16.5. The molecular weight excluding hydrogens is 505 g/mol. The van der Waals surface area contributed by atoms with Crippen molar-refractivity contribution < 1.29 is 14.3 Å². The zero-order valence-electron chi connectivity index (χ0n) is 15.1. The summed E-state index contributed by atoms with van der Waals surface area (Å²) < 4.78 is 7.46. The van der Waals surface area contributed by atoms with Gasteiger partial charge in [-0.1, -0.05) is 41.9 Å². The van der Waals surface area contributed by atoms with Gasteiger partial charge in [0.1, 0.15) is 0 Å². The van der Waals surface area contributed by atoms with Crippen molar-refractivity contribution >= 4 is 58.0 Å². The number of hydrogen-bond donors (Lipinski definition) is 0. The number of ether oxygens (including phenoxy) is 1. The Morgan fingerprint density at radius 1 is 1.17 bits per heavy atom. The van der Waals surface area contributed by atoms with Gasteiger partial charge >= 0.3 is 5.97 Å². The highest BCUT2D eigenvalue weighted by atomic mass is 127. The van der Waals surface area contributed by atoms with E-state index in [9.17, 15) is 9.59 Å². The molecule has 29 heavy (non-hydrogen) atoms. The van der Waals surface area contributed by atoms with Crippen molar-refractivity contribution in [2.45, 2.75) is 6.92 Å². The van der Waals surface area contributed by atoms with Crippen LogP contribution >= 0.6 is 34.2 Å². The second kappa shape index (κ2) is 7.92. The second-order valence-electron chi connectivity index (χ2n) is 6.21. The van der Waals surface area contributed by atoms with E-state index in [-0.39, 0.29) is 17.5 Å². The van der Waals surface area contributed by atoms with E-state index >= 15 is 0 Å². The fourth-order valence-electron chi connectivity index (χ4n) is 2.83. The molecule has 0 aliphatic carbocycles. The van der Waals surface area contributed by atoms with E-state index in [4.69, 9.17) is 16.3 Å². The molecule has 2 aromatic carbocycles. The van der Waals surface area contributed by atoms with E-state index in [1.807, 2.05) is 36.4 Å². The van der Waals surface area contributed by atoms with Gasteiger partial charge in [0.25, 0.3) is 0 Å². The molecule has 0 amide bonds. The topological polar surface area (TPSA) is 73.6 Å². The summed E-state index contributed by atoms with van der Waals surface area (Å²) >= 11 is 8.36. The molecule has 0 radical (unpaired) electrons. The Kier molecular flexibility index (Phi) is 5.33. The van der Waals surface area contributed by atoms with Gasteiger partial charge in [-0.15, -0.1) is 0 Å². The molecule has 0 unspecified atom stereocenters. The maximum absolute atomic E-state index is 12.4. The molecule has 0 N–H and O–H groups in total. The van der Waals surface area contributed by atoms with E-state index in [1.165, 1.54) is 17.7 Å². The van der Waals surface area contributed by atoms with Gasteiger partial charge in [-0.05, 0) is 52.9 Å². The Morgan fingerprint density at radius 3 is 2.66 bits per heavy atom. The average Bonchev–Trinajstić information content (AvgIpc) is 3.29. The number of aromatic nitrogens is 2. The molecule has 0 spiro atoms. The number of esters is 1. The fourth-order valence-corrected chi connectivity index (χ4v) is 3.52. The Hall–Kier alpha value is -2.78. The lowest BCUT2D eigenvalue weighted by molar-refractivity contribution is -0.129. The third kappa shape index (κ3) is 4.01. The van der Waals surface area contributed by atoms with Crippen molar-refractivity contribution in [3.8, 4) is 11.3 Å². The number of carbonyl (C=O) groups is 2. The highest BCUT2D eigenvalue weighted by Gasteiger charge is 2.26. The number of rotatable bonds is 3. The Morgan fingerprint density at radius 2 is 1.93 bits per heavy atom. The van der Waals surface area contributed by atoms with Crippen molar-refractivity contribution in [3.63, 3.8) is 0 Å². The Labute approximate surface area is 185 Å². The lowest BCUT2D eigenvalue weighted by Gasteiger charge is -2.02. The minimum Gasteiger partial charge on any atom is -0.402 e. The van der Waals surface area contributed by atoms with Crippen LogP contribution in [0.1, 0.15) is 23.0 Å². The highest BCUT2D eigenvalue weighted by molar-refractivity contribution is 14.1. The van der Waals surface area contributed by atoms with Gasteiger partial charge in [-0.3, -0.25) is 4.79 Å². The zero-order chi connectivity index (χ0) is 20.5. The van der Waals surface area contributed by atoms with Gasteiger partial charge in [0.05, 0.1) is 22.0 Å². The predicted octanol–water partition coefficient (Wildman–Crippen LogP) is 4.81. The van der Waals surface area contributed by atoms with Crippen molar-refractivity contribution in [3.05, 3.63) is 80.1 Å². The molecule has 4 rings (SSSR count). The van der Waals surface area contributed by atoms with Crippen molar-refractivity contribution in [1.82, 2.24) is 9.78 Å². The first-order valence-electron chi connectivity index (χ1n) is 8.57. The van der Waals surface area contributed by atoms with Crippen LogP contribution in [0.2, 0.25) is 5.02 Å². The normalized spacial score (nSPS) is 14.8. The monoisotopic (exact) mass is 517 g/mol. The highest BCUT2D eigenvalue weighted by Crippen LogP contribution is 2.26. The van der Waals surface area contributed by atoms with Crippen LogP contribution < -0.4 is 0 Å². The summed E-state index contributed by atoms with van der Waals surface area (Å²) in [4.78, 5) is 28.7. The molecule has 0 atom stereocenters. The summed E-state index contributed by atoms with van der Waals surface area (Å²) in [5.74, 6) is -0.773. The van der Waals surface area contributed by atoms with Crippen LogP contribution in [0.4, 0.5) is 0 Å². The quantitative estimate of drug-likeness (QED) is 0.284. The van der Waals surface area contributed by atoms with Crippen LogP contribution in [0, 0.1) is 3.57 Å². The van der Waals surface area contributed by atoms with E-state index < -0.39 is 5.97 Å². The third-order valence-corrected chi connectivity index (χ3v) is 5.17. The summed E-state index contributed by atoms with van der Waals surface area (Å²) in [6.45, 7) is 1.40. The van der Waals surface area contributed by atoms with Crippen LogP contribution in [-0.2, 0) is 9.53 Å². The number of nitrogens with zero attached hydrogens (tertiary/aromatic N) is 3. The van der Waals surface area contributed by atoms with E-state index in [1.54, 1.807) is 18.2 Å². The SMILES string of the molecule is CC(=O)n1nc(-c2ccccc2)cc1C=C1N=C(c2cc(I)ccc2Cl)OC1=O. The molecule has 3 aromatic rings. The number of benzene rings is 2. The lowest BCUT2D eigenvalue weighted by Crippen LogP contribution is -2.10. The average molecular weight is 518 g/mol. The standard InChI is InChI=1S/C21H13ClIN3O3/c1-12(27)26-15(10-18(25-26)13-5-3-2-4-6-13)11-19-21(28)29-20(24-19)16-9-14(23)7-8-17(16)22/h2-11H,1H3. The minimum atomic E-state index is -0.618. The predicted molar refractivity (Wildman–Crippen MR) is 119 cm³/mol. The first kappa shape index (κ1) is 19.5. The van der Waals surface area contributed by atoms with Crippen LogP contribution in [-0.4, -0.2) is 27.6 Å². The van der Waals surface area contributed by atoms with Crippen LogP contribution in [0.5, 0.6) is 0 Å². The number of cyclic esters (lactones) is 1.